The van der Waals surface area contributed by atoms with E-state index in [0.29, 0.717) is 11.7 Å². The van der Waals surface area contributed by atoms with Crippen molar-refractivity contribution >= 4 is 0 Å². The Labute approximate surface area is 105 Å². The summed E-state index contributed by atoms with van der Waals surface area (Å²) >= 11 is 0. The van der Waals surface area contributed by atoms with Crippen molar-refractivity contribution in [1.29, 1.82) is 0 Å². The molecule has 1 aliphatic carbocycles. The molecule has 2 aromatic heterocycles. The Hall–Kier alpha value is -1.69. The lowest BCUT2D eigenvalue weighted by molar-refractivity contribution is 0.0908. The van der Waals surface area contributed by atoms with Crippen LogP contribution in [-0.2, 0) is 7.05 Å². The van der Waals surface area contributed by atoms with Crippen molar-refractivity contribution in [2.24, 2.45) is 7.05 Å². The average Bonchev–Trinajstić information content (AvgIpc) is 2.98. The van der Waals surface area contributed by atoms with Crippen molar-refractivity contribution in [3.05, 3.63) is 18.4 Å². The molecule has 96 valence electrons. The molecule has 6 heteroatoms. The Morgan fingerprint density at radius 1 is 1.39 bits per heavy atom. The second kappa shape index (κ2) is 4.53. The summed E-state index contributed by atoms with van der Waals surface area (Å²) in [6, 6.07) is 0. The van der Waals surface area contributed by atoms with Crippen LogP contribution in [0.2, 0.25) is 0 Å². The van der Waals surface area contributed by atoms with Crippen LogP contribution in [0.15, 0.2) is 17.0 Å². The number of imidazole rings is 1. The maximum absolute atomic E-state index is 9.97. The van der Waals surface area contributed by atoms with Gasteiger partial charge in [0.25, 0.3) is 0 Å². The van der Waals surface area contributed by atoms with E-state index in [-0.39, 0.29) is 12.0 Å². The lowest BCUT2D eigenvalue weighted by atomic mass is 9.86. The highest BCUT2D eigenvalue weighted by molar-refractivity contribution is 5.47. The first kappa shape index (κ1) is 11.4. The fourth-order valence-electron chi connectivity index (χ4n) is 2.46. The predicted octanol–water partition coefficient (Wildman–Crippen LogP) is 1.49. The van der Waals surface area contributed by atoms with E-state index in [0.717, 1.165) is 31.4 Å². The average molecular weight is 248 g/mol. The van der Waals surface area contributed by atoms with Crippen LogP contribution in [0.25, 0.3) is 11.5 Å². The molecule has 1 fully saturated rings. The highest BCUT2D eigenvalue weighted by Gasteiger charge is 2.29. The van der Waals surface area contributed by atoms with Gasteiger partial charge in [0.1, 0.15) is 5.69 Å². The normalized spacial score (nSPS) is 24.3. The fraction of sp³-hybridized carbons (Fsp3) is 0.583. The van der Waals surface area contributed by atoms with Gasteiger partial charge in [0.2, 0.25) is 11.7 Å². The highest BCUT2D eigenvalue weighted by Crippen LogP contribution is 2.32. The van der Waals surface area contributed by atoms with E-state index in [4.69, 9.17) is 4.52 Å². The maximum atomic E-state index is 9.97. The van der Waals surface area contributed by atoms with Crippen molar-refractivity contribution < 1.29 is 9.63 Å². The summed E-state index contributed by atoms with van der Waals surface area (Å²) in [5.74, 6) is 1.05. The zero-order chi connectivity index (χ0) is 12.5. The zero-order valence-corrected chi connectivity index (χ0v) is 10.3. The third-order valence-electron chi connectivity index (χ3n) is 3.53. The number of aromatic nitrogens is 4. The van der Waals surface area contributed by atoms with Crippen LogP contribution >= 0.6 is 0 Å². The molecule has 0 spiro atoms. The number of rotatable bonds is 2. The first-order valence-electron chi connectivity index (χ1n) is 6.24. The third kappa shape index (κ3) is 1.92. The van der Waals surface area contributed by atoms with Crippen LogP contribution in [0.4, 0.5) is 0 Å². The molecule has 2 unspecified atom stereocenters. The minimum atomic E-state index is -0.362. The summed E-state index contributed by atoms with van der Waals surface area (Å²) in [6.07, 6.45) is 6.93. The minimum absolute atomic E-state index is 0.0202. The standard InChI is InChI=1S/C12H16N4O2/c1-16-7-13-6-9(16)11-14-12(18-15-11)8-4-2-3-5-10(8)17/h6-8,10,17H,2-5H2,1H3. The number of aliphatic hydroxyl groups excluding tert-OH is 1. The van der Waals surface area contributed by atoms with Crippen LogP contribution in [-0.4, -0.2) is 30.9 Å². The van der Waals surface area contributed by atoms with E-state index in [9.17, 15) is 5.11 Å². The minimum Gasteiger partial charge on any atom is -0.392 e. The van der Waals surface area contributed by atoms with E-state index in [1.165, 1.54) is 0 Å². The van der Waals surface area contributed by atoms with Gasteiger partial charge in [0.05, 0.1) is 24.5 Å². The number of hydrogen-bond acceptors (Lipinski definition) is 5. The number of aryl methyl sites for hydroxylation is 1. The van der Waals surface area contributed by atoms with Gasteiger partial charge in [-0.2, -0.15) is 4.98 Å². The molecule has 3 rings (SSSR count). The van der Waals surface area contributed by atoms with Crippen LogP contribution < -0.4 is 0 Å². The molecule has 0 amide bonds. The molecule has 1 saturated carbocycles. The van der Waals surface area contributed by atoms with Crippen LogP contribution in [0.5, 0.6) is 0 Å². The van der Waals surface area contributed by atoms with Crippen molar-refractivity contribution in [3.63, 3.8) is 0 Å². The van der Waals surface area contributed by atoms with E-state index in [1.807, 2.05) is 11.6 Å². The molecule has 0 bridgehead atoms. The Bertz CT molecular complexity index is 534. The third-order valence-corrected chi connectivity index (χ3v) is 3.53. The first-order chi connectivity index (χ1) is 8.75. The van der Waals surface area contributed by atoms with Gasteiger partial charge in [-0.25, -0.2) is 4.98 Å². The molecule has 0 radical (unpaired) electrons. The van der Waals surface area contributed by atoms with Crippen molar-refractivity contribution in [2.75, 3.05) is 0 Å². The molecular weight excluding hydrogens is 232 g/mol. The topological polar surface area (TPSA) is 77.0 Å². The van der Waals surface area contributed by atoms with Gasteiger partial charge in [-0.15, -0.1) is 0 Å². The van der Waals surface area contributed by atoms with E-state index >= 15 is 0 Å². The highest BCUT2D eigenvalue weighted by atomic mass is 16.5. The molecule has 2 aromatic rings. The van der Waals surface area contributed by atoms with Gasteiger partial charge >= 0.3 is 0 Å². The van der Waals surface area contributed by atoms with Gasteiger partial charge in [-0.3, -0.25) is 0 Å². The van der Waals surface area contributed by atoms with E-state index in [1.54, 1.807) is 12.5 Å². The van der Waals surface area contributed by atoms with Crippen molar-refractivity contribution in [1.82, 2.24) is 19.7 Å². The van der Waals surface area contributed by atoms with Crippen molar-refractivity contribution in [3.8, 4) is 11.5 Å². The number of nitrogens with zero attached hydrogens (tertiary/aromatic N) is 4. The molecule has 1 aliphatic rings. The molecule has 0 aliphatic heterocycles. The Morgan fingerprint density at radius 2 is 2.22 bits per heavy atom. The van der Waals surface area contributed by atoms with Gasteiger partial charge in [-0.1, -0.05) is 18.0 Å². The summed E-state index contributed by atoms with van der Waals surface area (Å²) in [7, 11) is 1.88. The second-order valence-electron chi connectivity index (χ2n) is 4.80. The monoisotopic (exact) mass is 248 g/mol. The molecule has 0 aromatic carbocycles. The smallest absolute Gasteiger partial charge is 0.232 e. The molecule has 1 N–H and O–H groups in total. The lowest BCUT2D eigenvalue weighted by Crippen LogP contribution is -2.22. The zero-order valence-electron chi connectivity index (χ0n) is 10.3. The molecular formula is C12H16N4O2. The first-order valence-corrected chi connectivity index (χ1v) is 6.24. The van der Waals surface area contributed by atoms with Gasteiger partial charge in [-0.05, 0) is 12.8 Å². The van der Waals surface area contributed by atoms with E-state index < -0.39 is 0 Å². The molecule has 0 saturated heterocycles. The fourth-order valence-corrected chi connectivity index (χ4v) is 2.46. The van der Waals surface area contributed by atoms with Crippen LogP contribution in [0.3, 0.4) is 0 Å². The van der Waals surface area contributed by atoms with Crippen LogP contribution in [0.1, 0.15) is 37.5 Å². The summed E-state index contributed by atoms with van der Waals surface area (Å²) in [6.45, 7) is 0. The van der Waals surface area contributed by atoms with Crippen molar-refractivity contribution in [2.45, 2.75) is 37.7 Å². The van der Waals surface area contributed by atoms with Gasteiger partial charge in [0.15, 0.2) is 0 Å². The summed E-state index contributed by atoms with van der Waals surface area (Å²) in [5, 5.41) is 13.9. The summed E-state index contributed by atoms with van der Waals surface area (Å²) < 4.78 is 7.13. The summed E-state index contributed by atoms with van der Waals surface area (Å²) in [4.78, 5) is 8.42. The Morgan fingerprint density at radius 3 is 2.94 bits per heavy atom. The largest absolute Gasteiger partial charge is 0.392 e. The Kier molecular flexibility index (Phi) is 2.87. The second-order valence-corrected chi connectivity index (χ2v) is 4.80. The van der Waals surface area contributed by atoms with Gasteiger partial charge in [0, 0.05) is 7.05 Å². The number of hydrogen-bond donors (Lipinski definition) is 1. The summed E-state index contributed by atoms with van der Waals surface area (Å²) in [5.41, 5.74) is 0.815. The molecule has 18 heavy (non-hydrogen) atoms. The quantitative estimate of drug-likeness (QED) is 0.871. The SMILES string of the molecule is Cn1cncc1-c1noc(C2CCCCC2O)n1. The molecule has 2 heterocycles. The molecule has 6 nitrogen and oxygen atoms in total. The Balaban J connectivity index is 1.87. The molecule has 2 atom stereocenters. The number of aliphatic hydroxyl groups is 1. The lowest BCUT2D eigenvalue weighted by Gasteiger charge is -2.24. The maximum Gasteiger partial charge on any atom is 0.232 e. The van der Waals surface area contributed by atoms with Gasteiger partial charge < -0.3 is 14.2 Å². The van der Waals surface area contributed by atoms with Crippen LogP contribution in [0, 0.1) is 0 Å². The predicted molar refractivity (Wildman–Crippen MR) is 63.7 cm³/mol. The van der Waals surface area contributed by atoms with E-state index in [2.05, 4.69) is 15.1 Å².